The number of hydrogen-bond acceptors (Lipinski definition) is 6. The van der Waals surface area contributed by atoms with Gasteiger partial charge in [-0.3, -0.25) is 9.59 Å². The van der Waals surface area contributed by atoms with Gasteiger partial charge in [-0.15, -0.1) is 0 Å². The van der Waals surface area contributed by atoms with E-state index in [4.69, 9.17) is 4.74 Å². The highest BCUT2D eigenvalue weighted by Gasteiger charge is 2.25. The van der Waals surface area contributed by atoms with Crippen LogP contribution in [-0.4, -0.2) is 31.2 Å². The van der Waals surface area contributed by atoms with Gasteiger partial charge >= 0.3 is 0 Å². The van der Waals surface area contributed by atoms with Crippen LogP contribution < -0.4 is 15.6 Å². The standard InChI is InChI=1S/C22H21N3O5S/c1-30-16-6-4-7-17(13-16)31(28,29)21-11-12-22(27)25(24-21)14-20(26)23-19-10-9-15-5-2-3-8-18(15)19/h2-8,11-13,19H,9-10,14H2,1H3,(H,23,26)/t19-/m1/s1. The van der Waals surface area contributed by atoms with Crippen molar-refractivity contribution in [2.24, 2.45) is 0 Å². The number of fused-ring (bicyclic) bond motifs is 1. The number of aryl methyl sites for hydroxylation is 1. The van der Waals surface area contributed by atoms with E-state index in [-0.39, 0.29) is 22.5 Å². The molecule has 1 atom stereocenters. The maximum atomic E-state index is 12.9. The van der Waals surface area contributed by atoms with Crippen LogP contribution in [0.2, 0.25) is 0 Å². The number of hydrogen-bond donors (Lipinski definition) is 1. The fourth-order valence-corrected chi connectivity index (χ4v) is 4.88. The van der Waals surface area contributed by atoms with Crippen molar-refractivity contribution in [1.82, 2.24) is 15.1 Å². The molecule has 1 aliphatic carbocycles. The number of nitrogens with one attached hydrogen (secondary N) is 1. The highest BCUT2D eigenvalue weighted by molar-refractivity contribution is 7.91. The van der Waals surface area contributed by atoms with E-state index in [9.17, 15) is 18.0 Å². The molecule has 0 spiro atoms. The molecule has 8 nitrogen and oxygen atoms in total. The number of nitrogens with zero attached hydrogens (tertiary/aromatic N) is 2. The van der Waals surface area contributed by atoms with E-state index in [0.717, 1.165) is 35.2 Å². The van der Waals surface area contributed by atoms with Crippen LogP contribution in [0, 0.1) is 0 Å². The number of sulfone groups is 1. The van der Waals surface area contributed by atoms with Crippen LogP contribution in [0.5, 0.6) is 5.75 Å². The number of benzene rings is 2. The Morgan fingerprint density at radius 1 is 1.16 bits per heavy atom. The molecule has 31 heavy (non-hydrogen) atoms. The molecule has 0 unspecified atom stereocenters. The molecule has 2 aromatic carbocycles. The van der Waals surface area contributed by atoms with E-state index in [0.29, 0.717) is 5.75 Å². The Bertz CT molecular complexity index is 1300. The fraction of sp³-hybridized carbons (Fsp3) is 0.227. The normalized spacial score (nSPS) is 15.3. The molecule has 0 radical (unpaired) electrons. The van der Waals surface area contributed by atoms with E-state index in [1.807, 2.05) is 24.3 Å². The summed E-state index contributed by atoms with van der Waals surface area (Å²) in [5.74, 6) is -0.0298. The summed E-state index contributed by atoms with van der Waals surface area (Å²) >= 11 is 0. The minimum absolute atomic E-state index is 0.0171. The third kappa shape index (κ3) is 4.22. The molecule has 160 valence electrons. The van der Waals surface area contributed by atoms with Crippen molar-refractivity contribution < 1.29 is 17.9 Å². The van der Waals surface area contributed by atoms with Crippen molar-refractivity contribution in [3.63, 3.8) is 0 Å². The number of methoxy groups -OCH3 is 1. The zero-order chi connectivity index (χ0) is 22.0. The molecule has 1 amide bonds. The van der Waals surface area contributed by atoms with E-state index >= 15 is 0 Å². The van der Waals surface area contributed by atoms with Crippen molar-refractivity contribution in [3.05, 3.63) is 82.1 Å². The maximum absolute atomic E-state index is 12.9. The molecule has 0 bridgehead atoms. The van der Waals surface area contributed by atoms with Gasteiger partial charge in [-0.1, -0.05) is 30.3 Å². The van der Waals surface area contributed by atoms with Crippen LogP contribution in [0.15, 0.2) is 75.4 Å². The van der Waals surface area contributed by atoms with Gasteiger partial charge in [0.05, 0.1) is 18.0 Å². The topological polar surface area (TPSA) is 107 Å². The SMILES string of the molecule is COc1cccc(S(=O)(=O)c2ccc(=O)n(CC(=O)N[C@@H]3CCc4ccccc43)n2)c1. The predicted octanol–water partition coefficient (Wildman–Crippen LogP) is 1.89. The predicted molar refractivity (Wildman–Crippen MR) is 113 cm³/mol. The Labute approximate surface area is 179 Å². The summed E-state index contributed by atoms with van der Waals surface area (Å²) in [5.41, 5.74) is 1.69. The van der Waals surface area contributed by atoms with Crippen LogP contribution >= 0.6 is 0 Å². The van der Waals surface area contributed by atoms with Gasteiger partial charge in [0.25, 0.3) is 5.56 Å². The molecule has 9 heteroatoms. The Hall–Kier alpha value is -3.46. The average molecular weight is 439 g/mol. The summed E-state index contributed by atoms with van der Waals surface area (Å²) in [6.07, 6.45) is 1.64. The van der Waals surface area contributed by atoms with Crippen LogP contribution in [0.25, 0.3) is 0 Å². The summed E-state index contributed by atoms with van der Waals surface area (Å²) in [6.45, 7) is -0.376. The zero-order valence-electron chi connectivity index (χ0n) is 16.8. The van der Waals surface area contributed by atoms with Gasteiger partial charge < -0.3 is 10.1 Å². The molecule has 0 saturated heterocycles. The van der Waals surface area contributed by atoms with Gasteiger partial charge in [-0.25, -0.2) is 13.1 Å². The Morgan fingerprint density at radius 2 is 1.97 bits per heavy atom. The molecule has 1 heterocycles. The molecule has 4 rings (SSSR count). The number of ether oxygens (including phenoxy) is 1. The molecule has 0 saturated carbocycles. The van der Waals surface area contributed by atoms with Gasteiger partial charge in [0.15, 0.2) is 5.03 Å². The minimum Gasteiger partial charge on any atom is -0.497 e. The second kappa shape index (κ2) is 8.35. The third-order valence-electron chi connectivity index (χ3n) is 5.23. The van der Waals surface area contributed by atoms with Crippen molar-refractivity contribution >= 4 is 15.7 Å². The van der Waals surface area contributed by atoms with Gasteiger partial charge in [0.2, 0.25) is 15.7 Å². The van der Waals surface area contributed by atoms with Crippen LogP contribution in [-0.2, 0) is 27.6 Å². The molecule has 0 aliphatic heterocycles. The van der Waals surface area contributed by atoms with Gasteiger partial charge in [-0.2, -0.15) is 5.10 Å². The summed E-state index contributed by atoms with van der Waals surface area (Å²) in [5, 5.41) is 6.54. The molecule has 0 fully saturated rings. The van der Waals surface area contributed by atoms with Gasteiger partial charge in [-0.05, 0) is 48.2 Å². The van der Waals surface area contributed by atoms with E-state index in [1.54, 1.807) is 12.1 Å². The van der Waals surface area contributed by atoms with Gasteiger partial charge in [0, 0.05) is 6.07 Å². The van der Waals surface area contributed by atoms with Crippen molar-refractivity contribution in [2.45, 2.75) is 35.3 Å². The molecule has 1 aromatic heterocycles. The second-order valence-corrected chi connectivity index (χ2v) is 9.10. The largest absolute Gasteiger partial charge is 0.497 e. The Morgan fingerprint density at radius 3 is 2.77 bits per heavy atom. The Balaban J connectivity index is 1.55. The molecule has 1 N–H and O–H groups in total. The third-order valence-corrected chi connectivity index (χ3v) is 6.87. The van der Waals surface area contributed by atoms with Gasteiger partial charge in [0.1, 0.15) is 12.3 Å². The smallest absolute Gasteiger partial charge is 0.267 e. The molecular weight excluding hydrogens is 418 g/mol. The first kappa shape index (κ1) is 20.8. The molecule has 3 aromatic rings. The zero-order valence-corrected chi connectivity index (χ0v) is 17.6. The van der Waals surface area contributed by atoms with E-state index in [1.165, 1.54) is 24.8 Å². The lowest BCUT2D eigenvalue weighted by Gasteiger charge is -2.14. The first-order valence-electron chi connectivity index (χ1n) is 9.73. The average Bonchev–Trinajstić information content (AvgIpc) is 3.18. The van der Waals surface area contributed by atoms with E-state index < -0.39 is 21.3 Å². The lowest BCUT2D eigenvalue weighted by Crippen LogP contribution is -2.35. The number of aromatic nitrogens is 2. The highest BCUT2D eigenvalue weighted by Crippen LogP contribution is 2.30. The quantitative estimate of drug-likeness (QED) is 0.629. The number of carbonyl (C=O) groups is 1. The number of carbonyl (C=O) groups excluding carboxylic acids is 1. The lowest BCUT2D eigenvalue weighted by molar-refractivity contribution is -0.122. The molecule has 1 aliphatic rings. The minimum atomic E-state index is -3.99. The van der Waals surface area contributed by atoms with Crippen LogP contribution in [0.4, 0.5) is 0 Å². The Kier molecular flexibility index (Phi) is 5.60. The number of rotatable bonds is 6. The first-order chi connectivity index (χ1) is 14.9. The van der Waals surface area contributed by atoms with Crippen molar-refractivity contribution in [1.29, 1.82) is 0 Å². The summed E-state index contributed by atoms with van der Waals surface area (Å²) < 4.78 is 31.8. The van der Waals surface area contributed by atoms with Crippen molar-refractivity contribution in [3.8, 4) is 5.75 Å². The summed E-state index contributed by atoms with van der Waals surface area (Å²) in [4.78, 5) is 24.8. The summed E-state index contributed by atoms with van der Waals surface area (Å²) in [6, 6.07) is 15.9. The summed E-state index contributed by atoms with van der Waals surface area (Å²) in [7, 11) is -2.56. The van der Waals surface area contributed by atoms with E-state index in [2.05, 4.69) is 10.4 Å². The monoisotopic (exact) mass is 439 g/mol. The van der Waals surface area contributed by atoms with Crippen LogP contribution in [0.1, 0.15) is 23.6 Å². The maximum Gasteiger partial charge on any atom is 0.267 e. The van der Waals surface area contributed by atoms with Crippen molar-refractivity contribution in [2.75, 3.05) is 7.11 Å². The highest BCUT2D eigenvalue weighted by atomic mass is 32.2. The van der Waals surface area contributed by atoms with Crippen LogP contribution in [0.3, 0.4) is 0 Å². The first-order valence-corrected chi connectivity index (χ1v) is 11.2. The fourth-order valence-electron chi connectivity index (χ4n) is 3.66. The second-order valence-electron chi connectivity index (χ2n) is 7.21. The number of amides is 1. The molecular formula is C22H21N3O5S. The lowest BCUT2D eigenvalue weighted by atomic mass is 10.1.